The summed E-state index contributed by atoms with van der Waals surface area (Å²) in [6, 6.07) is 0. The van der Waals surface area contributed by atoms with Crippen LogP contribution in [0.4, 0.5) is 0 Å². The summed E-state index contributed by atoms with van der Waals surface area (Å²) in [5.41, 5.74) is 0.669. The topological polar surface area (TPSA) is 44.2 Å². The first-order valence-corrected chi connectivity index (χ1v) is 4.68. The van der Waals surface area contributed by atoms with E-state index in [-0.39, 0.29) is 5.41 Å². The number of rotatable bonds is 2. The van der Waals surface area contributed by atoms with Gasteiger partial charge in [0.1, 0.15) is 10.7 Å². The van der Waals surface area contributed by atoms with Gasteiger partial charge < -0.3 is 9.47 Å². The van der Waals surface area contributed by atoms with E-state index >= 15 is 0 Å². The van der Waals surface area contributed by atoms with Gasteiger partial charge in [0.2, 0.25) is 0 Å². The second-order valence-corrected chi connectivity index (χ2v) is 4.04. The predicted molar refractivity (Wildman–Crippen MR) is 51.8 cm³/mol. The van der Waals surface area contributed by atoms with Crippen LogP contribution >= 0.6 is 11.6 Å². The van der Waals surface area contributed by atoms with Crippen molar-refractivity contribution in [3.63, 3.8) is 0 Å². The van der Waals surface area contributed by atoms with Crippen molar-refractivity contribution in [3.8, 4) is 5.75 Å². The van der Waals surface area contributed by atoms with Crippen LogP contribution in [0.1, 0.15) is 12.6 Å². The smallest absolute Gasteiger partial charge is 0.163 e. The minimum absolute atomic E-state index is 0.108. The Hall–Kier alpha value is -0.870. The summed E-state index contributed by atoms with van der Waals surface area (Å²) >= 11 is 5.95. The lowest BCUT2D eigenvalue weighted by molar-refractivity contribution is -0.0534. The van der Waals surface area contributed by atoms with Crippen LogP contribution in [0, 0.1) is 0 Å². The van der Waals surface area contributed by atoms with Crippen LogP contribution in [-0.2, 0) is 10.2 Å². The normalized spacial score (nSPS) is 18.8. The molecule has 0 unspecified atom stereocenters. The first-order chi connectivity index (χ1) is 6.67. The number of halogens is 1. The fourth-order valence-electron chi connectivity index (χ4n) is 1.49. The van der Waals surface area contributed by atoms with Crippen molar-refractivity contribution in [2.24, 2.45) is 0 Å². The summed E-state index contributed by atoms with van der Waals surface area (Å²) < 4.78 is 10.4. The molecule has 0 aromatic carbocycles. The molecule has 0 N–H and O–H groups in total. The lowest BCUT2D eigenvalue weighted by Gasteiger charge is -2.37. The van der Waals surface area contributed by atoms with Gasteiger partial charge in [-0.1, -0.05) is 11.6 Å². The molecule has 0 radical (unpaired) electrons. The van der Waals surface area contributed by atoms with Gasteiger partial charge >= 0.3 is 0 Å². The highest BCUT2D eigenvalue weighted by Crippen LogP contribution is 2.38. The molecule has 1 saturated heterocycles. The van der Waals surface area contributed by atoms with Crippen molar-refractivity contribution in [2.45, 2.75) is 12.3 Å². The standard InChI is InChI=1S/C9H11ClN2O2/c1-9(4-14-5-9)8-7(13-2)6(10)3-11-12-8/h3H,4-5H2,1-2H3. The van der Waals surface area contributed by atoms with Gasteiger partial charge in [0.15, 0.2) is 5.75 Å². The van der Waals surface area contributed by atoms with E-state index < -0.39 is 0 Å². The van der Waals surface area contributed by atoms with Gasteiger partial charge in [0.25, 0.3) is 0 Å². The van der Waals surface area contributed by atoms with Crippen LogP contribution in [0.25, 0.3) is 0 Å². The highest BCUT2D eigenvalue weighted by atomic mass is 35.5. The SMILES string of the molecule is COc1c(Cl)cnnc1C1(C)COC1. The molecule has 1 aromatic heterocycles. The lowest BCUT2D eigenvalue weighted by atomic mass is 9.84. The molecule has 2 rings (SSSR count). The summed E-state index contributed by atoms with van der Waals surface area (Å²) in [5.74, 6) is 0.604. The molecule has 1 aromatic rings. The van der Waals surface area contributed by atoms with E-state index in [4.69, 9.17) is 21.1 Å². The van der Waals surface area contributed by atoms with Gasteiger partial charge in [0, 0.05) is 0 Å². The monoisotopic (exact) mass is 214 g/mol. The number of aromatic nitrogens is 2. The maximum absolute atomic E-state index is 5.95. The van der Waals surface area contributed by atoms with E-state index in [0.717, 1.165) is 5.69 Å². The highest BCUT2D eigenvalue weighted by molar-refractivity contribution is 6.32. The Kier molecular flexibility index (Phi) is 2.33. The first kappa shape index (κ1) is 9.68. The molecule has 1 aliphatic heterocycles. The second-order valence-electron chi connectivity index (χ2n) is 3.63. The third kappa shape index (κ3) is 1.35. The first-order valence-electron chi connectivity index (χ1n) is 4.31. The summed E-state index contributed by atoms with van der Waals surface area (Å²) in [6.07, 6.45) is 1.48. The van der Waals surface area contributed by atoms with E-state index in [1.54, 1.807) is 7.11 Å². The molecule has 4 nitrogen and oxygen atoms in total. The Labute approximate surface area is 87.2 Å². The lowest BCUT2D eigenvalue weighted by Crippen LogP contribution is -2.45. The third-order valence-corrected chi connectivity index (χ3v) is 2.65. The number of methoxy groups -OCH3 is 1. The molecule has 0 bridgehead atoms. The molecule has 0 spiro atoms. The summed E-state index contributed by atoms with van der Waals surface area (Å²) in [6.45, 7) is 3.33. The minimum Gasteiger partial charge on any atom is -0.493 e. The maximum Gasteiger partial charge on any atom is 0.163 e. The molecular formula is C9H11ClN2O2. The van der Waals surface area contributed by atoms with Crippen molar-refractivity contribution in [1.82, 2.24) is 10.2 Å². The zero-order chi connectivity index (χ0) is 10.2. The maximum atomic E-state index is 5.95. The number of ether oxygens (including phenoxy) is 2. The molecule has 14 heavy (non-hydrogen) atoms. The van der Waals surface area contributed by atoms with Gasteiger partial charge in [-0.2, -0.15) is 10.2 Å². The van der Waals surface area contributed by atoms with E-state index in [2.05, 4.69) is 17.1 Å². The molecule has 76 valence electrons. The molecule has 0 aliphatic carbocycles. The van der Waals surface area contributed by atoms with E-state index in [9.17, 15) is 0 Å². The van der Waals surface area contributed by atoms with Crippen LogP contribution in [0.15, 0.2) is 6.20 Å². The van der Waals surface area contributed by atoms with Crippen LogP contribution in [0.2, 0.25) is 5.02 Å². The van der Waals surface area contributed by atoms with Gasteiger partial charge in [-0.05, 0) is 6.92 Å². The fourth-order valence-corrected chi connectivity index (χ4v) is 1.70. The Bertz CT molecular complexity index is 353. The van der Waals surface area contributed by atoms with Crippen LogP contribution in [0.5, 0.6) is 5.75 Å². The van der Waals surface area contributed by atoms with Gasteiger partial charge in [-0.25, -0.2) is 0 Å². The number of hydrogen-bond donors (Lipinski definition) is 0. The van der Waals surface area contributed by atoms with Gasteiger partial charge in [0.05, 0.1) is 31.9 Å². The predicted octanol–water partition coefficient (Wildman–Crippen LogP) is 1.43. The van der Waals surface area contributed by atoms with Crippen LogP contribution in [0.3, 0.4) is 0 Å². The van der Waals surface area contributed by atoms with Crippen molar-refractivity contribution in [1.29, 1.82) is 0 Å². The molecule has 1 aliphatic rings. The molecule has 1 fully saturated rings. The highest BCUT2D eigenvalue weighted by Gasteiger charge is 2.40. The second kappa shape index (κ2) is 3.37. The number of hydrogen-bond acceptors (Lipinski definition) is 4. The molecular weight excluding hydrogens is 204 g/mol. The van der Waals surface area contributed by atoms with Gasteiger partial charge in [-0.15, -0.1) is 0 Å². The Morgan fingerprint density at radius 1 is 1.57 bits per heavy atom. The average Bonchev–Trinajstić information content (AvgIpc) is 2.14. The Balaban J connectivity index is 2.46. The van der Waals surface area contributed by atoms with Crippen molar-refractivity contribution < 1.29 is 9.47 Å². The molecule has 0 saturated carbocycles. The molecule has 2 heterocycles. The van der Waals surface area contributed by atoms with Crippen LogP contribution < -0.4 is 4.74 Å². The van der Waals surface area contributed by atoms with Crippen molar-refractivity contribution in [2.75, 3.05) is 20.3 Å². The van der Waals surface area contributed by atoms with E-state index in [1.807, 2.05) is 0 Å². The zero-order valence-corrected chi connectivity index (χ0v) is 8.84. The quantitative estimate of drug-likeness (QED) is 0.747. The summed E-state index contributed by atoms with van der Waals surface area (Å²) in [4.78, 5) is 0. The largest absolute Gasteiger partial charge is 0.493 e. The van der Waals surface area contributed by atoms with Crippen molar-refractivity contribution in [3.05, 3.63) is 16.9 Å². The van der Waals surface area contributed by atoms with Crippen LogP contribution in [-0.4, -0.2) is 30.5 Å². The number of nitrogens with zero attached hydrogens (tertiary/aromatic N) is 2. The van der Waals surface area contributed by atoms with E-state index in [1.165, 1.54) is 6.20 Å². The Morgan fingerprint density at radius 3 is 2.79 bits per heavy atom. The van der Waals surface area contributed by atoms with Gasteiger partial charge in [-0.3, -0.25) is 0 Å². The Morgan fingerprint density at radius 2 is 2.29 bits per heavy atom. The zero-order valence-electron chi connectivity index (χ0n) is 8.08. The van der Waals surface area contributed by atoms with E-state index in [0.29, 0.717) is 24.0 Å². The summed E-state index contributed by atoms with van der Waals surface area (Å²) in [5, 5.41) is 8.38. The minimum atomic E-state index is -0.108. The third-order valence-electron chi connectivity index (χ3n) is 2.38. The summed E-state index contributed by atoms with van der Waals surface area (Å²) in [7, 11) is 1.58. The van der Waals surface area contributed by atoms with Crippen molar-refractivity contribution >= 4 is 11.6 Å². The molecule has 0 amide bonds. The fraction of sp³-hybridized carbons (Fsp3) is 0.556. The molecule has 5 heteroatoms. The average molecular weight is 215 g/mol. The molecule has 0 atom stereocenters.